The van der Waals surface area contributed by atoms with Crippen molar-refractivity contribution in [3.8, 4) is 0 Å². The van der Waals surface area contributed by atoms with E-state index in [2.05, 4.69) is 20.1 Å². The Labute approximate surface area is 200 Å². The van der Waals surface area contributed by atoms with Crippen LogP contribution < -0.4 is 10.2 Å². The first kappa shape index (κ1) is 24.7. The van der Waals surface area contributed by atoms with Crippen molar-refractivity contribution in [3.63, 3.8) is 0 Å². The lowest BCUT2D eigenvalue weighted by atomic mass is 9.99. The van der Waals surface area contributed by atoms with Crippen LogP contribution in [0.3, 0.4) is 0 Å². The molecule has 0 bridgehead atoms. The van der Waals surface area contributed by atoms with Gasteiger partial charge in [0.2, 0.25) is 16.0 Å². The second-order valence-electron chi connectivity index (χ2n) is 9.92. The van der Waals surface area contributed by atoms with E-state index in [4.69, 9.17) is 4.98 Å². The number of piperidine rings is 2. The van der Waals surface area contributed by atoms with Crippen LogP contribution >= 0.6 is 0 Å². The van der Waals surface area contributed by atoms with Crippen molar-refractivity contribution in [2.75, 3.05) is 55.2 Å². The van der Waals surface area contributed by atoms with Crippen LogP contribution in [-0.2, 0) is 10.0 Å². The second-order valence-corrected chi connectivity index (χ2v) is 12.0. The molecule has 186 valence electrons. The summed E-state index contributed by atoms with van der Waals surface area (Å²) >= 11 is 0. The van der Waals surface area contributed by atoms with Crippen molar-refractivity contribution in [2.24, 2.45) is 0 Å². The molecule has 33 heavy (non-hydrogen) atoms. The molecule has 1 atom stereocenters. The Bertz CT molecular complexity index is 835. The molecule has 3 aliphatic rings. The van der Waals surface area contributed by atoms with Crippen LogP contribution in [0.1, 0.15) is 71.1 Å². The van der Waals surface area contributed by atoms with Gasteiger partial charge in [0.05, 0.1) is 5.75 Å². The van der Waals surface area contributed by atoms with Gasteiger partial charge in [-0.1, -0.05) is 26.2 Å². The van der Waals surface area contributed by atoms with Gasteiger partial charge in [-0.2, -0.15) is 4.98 Å². The smallest absolute Gasteiger partial charge is 0.224 e. The normalized spacial score (nSPS) is 24.5. The molecule has 3 fully saturated rings. The molecule has 1 aromatic heterocycles. The molecule has 0 saturated carbocycles. The van der Waals surface area contributed by atoms with Crippen molar-refractivity contribution in [1.29, 1.82) is 0 Å². The molecule has 4 heterocycles. The Morgan fingerprint density at radius 3 is 2.48 bits per heavy atom. The van der Waals surface area contributed by atoms with E-state index in [-0.39, 0.29) is 0 Å². The number of nitrogens with one attached hydrogen (secondary N) is 1. The average molecular weight is 479 g/mol. The predicted molar refractivity (Wildman–Crippen MR) is 134 cm³/mol. The summed E-state index contributed by atoms with van der Waals surface area (Å²) < 4.78 is 26.8. The fraction of sp³-hybridized carbons (Fsp3) is 0.833. The van der Waals surface area contributed by atoms with Gasteiger partial charge in [-0.3, -0.25) is 4.90 Å². The van der Waals surface area contributed by atoms with Gasteiger partial charge in [-0.05, 0) is 57.6 Å². The van der Waals surface area contributed by atoms with Crippen LogP contribution in [0.15, 0.2) is 12.3 Å². The number of nitrogens with zero attached hydrogens (tertiary/aromatic N) is 5. The third kappa shape index (κ3) is 6.79. The molecule has 1 aromatic rings. The number of hydrogen-bond donors (Lipinski definition) is 1. The minimum atomic E-state index is -3.08. The number of unbranched alkanes of at least 4 members (excludes halogenated alkanes) is 1. The standard InChI is InChI=1S/C24H42N6O2S/c1-2-3-19-33(31,32)30-17-11-22(12-18-30)29-16-8-9-21(20-29)26-24-25-13-10-23(27-24)28-14-6-4-5-7-15-28/h10,13,21-22H,2-9,11-12,14-20H2,1H3,(H,25,26,27). The number of sulfonamides is 1. The molecule has 0 amide bonds. The van der Waals surface area contributed by atoms with Crippen molar-refractivity contribution in [1.82, 2.24) is 19.2 Å². The molecule has 3 saturated heterocycles. The SMILES string of the molecule is CCCCS(=O)(=O)N1CCC(N2CCCC(Nc3nccc(N4CCCCCC4)n3)C2)CC1. The summed E-state index contributed by atoms with van der Waals surface area (Å²) in [5.74, 6) is 2.07. The fourth-order valence-corrected chi connectivity index (χ4v) is 7.15. The third-order valence-electron chi connectivity index (χ3n) is 7.45. The molecular weight excluding hydrogens is 436 g/mol. The van der Waals surface area contributed by atoms with E-state index < -0.39 is 10.0 Å². The zero-order chi connectivity index (χ0) is 23.1. The van der Waals surface area contributed by atoms with Gasteiger partial charge in [0.25, 0.3) is 0 Å². The highest BCUT2D eigenvalue weighted by atomic mass is 32.2. The number of hydrogen-bond acceptors (Lipinski definition) is 7. The molecule has 8 nitrogen and oxygen atoms in total. The first-order valence-corrected chi connectivity index (χ1v) is 14.7. The second kappa shape index (κ2) is 11.8. The van der Waals surface area contributed by atoms with Crippen LogP contribution in [0, 0.1) is 0 Å². The molecule has 0 spiro atoms. The number of aromatic nitrogens is 2. The van der Waals surface area contributed by atoms with Crippen LogP contribution in [0.2, 0.25) is 0 Å². The van der Waals surface area contributed by atoms with Gasteiger partial charge < -0.3 is 10.2 Å². The fourth-order valence-electron chi connectivity index (χ4n) is 5.47. The Balaban J connectivity index is 1.29. The maximum atomic E-state index is 12.5. The van der Waals surface area contributed by atoms with Crippen LogP contribution in [0.25, 0.3) is 0 Å². The van der Waals surface area contributed by atoms with E-state index in [9.17, 15) is 8.42 Å². The van der Waals surface area contributed by atoms with Crippen molar-refractivity contribution >= 4 is 21.8 Å². The van der Waals surface area contributed by atoms with Gasteiger partial charge >= 0.3 is 0 Å². The molecule has 9 heteroatoms. The van der Waals surface area contributed by atoms with Gasteiger partial charge in [0.15, 0.2) is 0 Å². The van der Waals surface area contributed by atoms with Crippen LogP contribution in [0.4, 0.5) is 11.8 Å². The third-order valence-corrected chi connectivity index (χ3v) is 9.40. The molecule has 4 rings (SSSR count). The highest BCUT2D eigenvalue weighted by Gasteiger charge is 2.32. The summed E-state index contributed by atoms with van der Waals surface area (Å²) in [5.41, 5.74) is 0. The molecule has 0 radical (unpaired) electrons. The van der Waals surface area contributed by atoms with Crippen LogP contribution in [-0.4, -0.2) is 84.7 Å². The first-order chi connectivity index (χ1) is 16.0. The molecular formula is C24H42N6O2S. The molecule has 1 unspecified atom stereocenters. The lowest BCUT2D eigenvalue weighted by Gasteiger charge is -2.42. The number of anilines is 2. The number of likely N-dealkylation sites (tertiary alicyclic amines) is 1. The monoisotopic (exact) mass is 478 g/mol. The highest BCUT2D eigenvalue weighted by Crippen LogP contribution is 2.25. The van der Waals surface area contributed by atoms with Gasteiger partial charge in [0.1, 0.15) is 5.82 Å². The summed E-state index contributed by atoms with van der Waals surface area (Å²) in [6.45, 7) is 7.60. The molecule has 0 aliphatic carbocycles. The molecule has 0 aromatic carbocycles. The topological polar surface area (TPSA) is 81.7 Å². The maximum absolute atomic E-state index is 12.5. The lowest BCUT2D eigenvalue weighted by Crippen LogP contribution is -2.52. The van der Waals surface area contributed by atoms with Crippen molar-refractivity contribution in [2.45, 2.75) is 83.2 Å². The van der Waals surface area contributed by atoms with E-state index in [1.807, 2.05) is 19.2 Å². The van der Waals surface area contributed by atoms with Crippen molar-refractivity contribution in [3.05, 3.63) is 12.3 Å². The quantitative estimate of drug-likeness (QED) is 0.614. The van der Waals surface area contributed by atoms with Gasteiger partial charge in [-0.15, -0.1) is 0 Å². The Hall–Kier alpha value is -1.45. The summed E-state index contributed by atoms with van der Waals surface area (Å²) in [4.78, 5) is 14.3. The number of rotatable bonds is 8. The first-order valence-electron chi connectivity index (χ1n) is 13.1. The summed E-state index contributed by atoms with van der Waals surface area (Å²) in [6, 6.07) is 2.84. The molecule has 3 aliphatic heterocycles. The highest BCUT2D eigenvalue weighted by molar-refractivity contribution is 7.89. The van der Waals surface area contributed by atoms with Crippen molar-refractivity contribution < 1.29 is 8.42 Å². The van der Waals surface area contributed by atoms with E-state index in [1.165, 1.54) is 25.7 Å². The van der Waals surface area contributed by atoms with Gasteiger partial charge in [0, 0.05) is 51.0 Å². The van der Waals surface area contributed by atoms with E-state index in [0.29, 0.717) is 30.9 Å². The Morgan fingerprint density at radius 1 is 1.00 bits per heavy atom. The Morgan fingerprint density at radius 2 is 1.76 bits per heavy atom. The van der Waals surface area contributed by atoms with E-state index in [1.54, 1.807) is 4.31 Å². The molecule has 1 N–H and O–H groups in total. The van der Waals surface area contributed by atoms with E-state index in [0.717, 1.165) is 76.5 Å². The van der Waals surface area contributed by atoms with Crippen LogP contribution in [0.5, 0.6) is 0 Å². The largest absolute Gasteiger partial charge is 0.356 e. The average Bonchev–Trinajstić information content (AvgIpc) is 3.13. The summed E-state index contributed by atoms with van der Waals surface area (Å²) in [6.07, 6.45) is 12.8. The van der Waals surface area contributed by atoms with E-state index >= 15 is 0 Å². The lowest BCUT2D eigenvalue weighted by molar-refractivity contribution is 0.112. The minimum Gasteiger partial charge on any atom is -0.356 e. The minimum absolute atomic E-state index is 0.292. The zero-order valence-electron chi connectivity index (χ0n) is 20.3. The zero-order valence-corrected chi connectivity index (χ0v) is 21.1. The summed E-state index contributed by atoms with van der Waals surface area (Å²) in [5, 5.41) is 3.60. The maximum Gasteiger partial charge on any atom is 0.224 e. The Kier molecular flexibility index (Phi) is 8.82. The van der Waals surface area contributed by atoms with Gasteiger partial charge in [-0.25, -0.2) is 17.7 Å². The summed E-state index contributed by atoms with van der Waals surface area (Å²) in [7, 11) is -3.08. The predicted octanol–water partition coefficient (Wildman–Crippen LogP) is 3.33.